The summed E-state index contributed by atoms with van der Waals surface area (Å²) in [4.78, 5) is 24.7. The van der Waals surface area contributed by atoms with E-state index in [0.29, 0.717) is 16.8 Å². The Kier molecular flexibility index (Phi) is 5.97. The van der Waals surface area contributed by atoms with Crippen LogP contribution in [0.4, 0.5) is 15.8 Å². The van der Waals surface area contributed by atoms with Crippen LogP contribution in [0.3, 0.4) is 0 Å². The molecule has 0 fully saturated rings. The molecule has 0 aliphatic carbocycles. The van der Waals surface area contributed by atoms with Crippen molar-refractivity contribution in [2.45, 2.75) is 0 Å². The van der Waals surface area contributed by atoms with Gasteiger partial charge in [-0.2, -0.15) is 0 Å². The molecule has 0 saturated heterocycles. The van der Waals surface area contributed by atoms with Crippen LogP contribution in [-0.2, 0) is 0 Å². The van der Waals surface area contributed by atoms with Gasteiger partial charge in [-0.3, -0.25) is 9.59 Å². The molecule has 0 bridgehead atoms. The highest BCUT2D eigenvalue weighted by molar-refractivity contribution is 6.09. The predicted octanol–water partition coefficient (Wildman–Crippen LogP) is 5.02. The number of anilines is 2. The Morgan fingerprint density at radius 3 is 2.25 bits per heavy atom. The summed E-state index contributed by atoms with van der Waals surface area (Å²) >= 11 is 0. The van der Waals surface area contributed by atoms with Crippen molar-refractivity contribution in [3.63, 3.8) is 0 Å². The number of halogens is 1. The molecule has 0 heterocycles. The van der Waals surface area contributed by atoms with Gasteiger partial charge in [0.15, 0.2) is 5.78 Å². The lowest BCUT2D eigenvalue weighted by atomic mass is 10.1. The minimum Gasteiger partial charge on any atom is -0.387 e. The number of para-hydroxylation sites is 1. The summed E-state index contributed by atoms with van der Waals surface area (Å²) in [5.41, 5.74) is 3.09. The van der Waals surface area contributed by atoms with Crippen LogP contribution >= 0.6 is 0 Å². The monoisotopic (exact) mass is 374 g/mol. The van der Waals surface area contributed by atoms with E-state index in [9.17, 15) is 14.0 Å². The molecule has 0 atom stereocenters. The van der Waals surface area contributed by atoms with Crippen molar-refractivity contribution >= 4 is 29.1 Å². The van der Waals surface area contributed by atoms with Crippen molar-refractivity contribution in [3.05, 3.63) is 101 Å². The predicted molar refractivity (Wildman–Crippen MR) is 110 cm³/mol. The molecule has 3 aromatic rings. The molecule has 0 aromatic heterocycles. The van der Waals surface area contributed by atoms with E-state index < -0.39 is 0 Å². The third-order valence-electron chi connectivity index (χ3n) is 4.17. The van der Waals surface area contributed by atoms with Gasteiger partial charge in [0.05, 0.1) is 5.56 Å². The molecule has 0 saturated carbocycles. The van der Waals surface area contributed by atoms with E-state index in [2.05, 4.69) is 10.6 Å². The number of hydrogen-bond donors (Lipinski definition) is 2. The van der Waals surface area contributed by atoms with Crippen LogP contribution in [0.25, 0.3) is 6.08 Å². The van der Waals surface area contributed by atoms with E-state index in [1.54, 1.807) is 61.7 Å². The quantitative estimate of drug-likeness (QED) is 0.471. The Morgan fingerprint density at radius 2 is 1.57 bits per heavy atom. The van der Waals surface area contributed by atoms with Crippen molar-refractivity contribution in [3.8, 4) is 0 Å². The summed E-state index contributed by atoms with van der Waals surface area (Å²) in [6.07, 6.45) is 3.07. The van der Waals surface area contributed by atoms with Gasteiger partial charge in [0.2, 0.25) is 0 Å². The smallest absolute Gasteiger partial charge is 0.257 e. The molecule has 1 amide bonds. The van der Waals surface area contributed by atoms with Crippen LogP contribution in [0, 0.1) is 5.82 Å². The van der Waals surface area contributed by atoms with Gasteiger partial charge in [0.1, 0.15) is 5.82 Å². The Bertz CT molecular complexity index is 1010. The van der Waals surface area contributed by atoms with Gasteiger partial charge in [-0.1, -0.05) is 30.3 Å². The van der Waals surface area contributed by atoms with Crippen molar-refractivity contribution in [1.29, 1.82) is 0 Å². The molecule has 0 radical (unpaired) electrons. The van der Waals surface area contributed by atoms with Gasteiger partial charge in [0.25, 0.3) is 5.91 Å². The summed E-state index contributed by atoms with van der Waals surface area (Å²) in [7, 11) is 1.76. The molecular weight excluding hydrogens is 355 g/mol. The molecule has 0 aliphatic heterocycles. The fourth-order valence-corrected chi connectivity index (χ4v) is 2.66. The number of carbonyl (C=O) groups excluding carboxylic acids is 2. The number of hydrogen-bond acceptors (Lipinski definition) is 3. The number of rotatable bonds is 6. The lowest BCUT2D eigenvalue weighted by molar-refractivity contribution is 0.102. The molecule has 2 N–H and O–H groups in total. The Balaban J connectivity index is 1.66. The van der Waals surface area contributed by atoms with Gasteiger partial charge < -0.3 is 10.6 Å². The maximum atomic E-state index is 12.9. The number of benzene rings is 3. The van der Waals surface area contributed by atoms with Crippen LogP contribution in [-0.4, -0.2) is 18.7 Å². The summed E-state index contributed by atoms with van der Waals surface area (Å²) in [5, 5.41) is 5.80. The molecule has 28 heavy (non-hydrogen) atoms. The highest BCUT2D eigenvalue weighted by Crippen LogP contribution is 2.17. The third kappa shape index (κ3) is 4.71. The molecule has 140 valence electrons. The van der Waals surface area contributed by atoms with Crippen LogP contribution in [0.1, 0.15) is 26.3 Å². The molecule has 0 aliphatic rings. The van der Waals surface area contributed by atoms with Gasteiger partial charge in [-0.05, 0) is 60.2 Å². The van der Waals surface area contributed by atoms with E-state index in [1.165, 1.54) is 18.2 Å². The zero-order valence-corrected chi connectivity index (χ0v) is 15.3. The highest BCUT2D eigenvalue weighted by atomic mass is 19.1. The average molecular weight is 374 g/mol. The first-order chi connectivity index (χ1) is 13.6. The fourth-order valence-electron chi connectivity index (χ4n) is 2.66. The van der Waals surface area contributed by atoms with Gasteiger partial charge >= 0.3 is 0 Å². The summed E-state index contributed by atoms with van der Waals surface area (Å²) in [6.45, 7) is 0. The molecule has 5 heteroatoms. The SMILES string of the molecule is CNc1ccccc1C(=O)Nc1ccc(C(=O)/C=C/c2ccc(F)cc2)cc1. The van der Waals surface area contributed by atoms with Gasteiger partial charge in [0, 0.05) is 24.0 Å². The minimum absolute atomic E-state index is 0.178. The molecule has 3 aromatic carbocycles. The fraction of sp³-hybridized carbons (Fsp3) is 0.0435. The average Bonchev–Trinajstić information content (AvgIpc) is 2.73. The summed E-state index contributed by atoms with van der Waals surface area (Å²) < 4.78 is 12.9. The number of carbonyl (C=O) groups is 2. The Morgan fingerprint density at radius 1 is 0.893 bits per heavy atom. The number of nitrogens with one attached hydrogen (secondary N) is 2. The number of allylic oxidation sites excluding steroid dienone is 1. The first-order valence-electron chi connectivity index (χ1n) is 8.73. The van der Waals surface area contributed by atoms with E-state index in [4.69, 9.17) is 0 Å². The van der Waals surface area contributed by atoms with Crippen molar-refractivity contribution in [2.24, 2.45) is 0 Å². The number of ketones is 1. The van der Waals surface area contributed by atoms with Gasteiger partial charge in [-0.15, -0.1) is 0 Å². The second-order valence-electron chi connectivity index (χ2n) is 6.08. The van der Waals surface area contributed by atoms with E-state index in [1.807, 2.05) is 12.1 Å². The largest absolute Gasteiger partial charge is 0.387 e. The first kappa shape index (κ1) is 19.0. The molecule has 4 nitrogen and oxygen atoms in total. The lowest BCUT2D eigenvalue weighted by Gasteiger charge is -2.10. The van der Waals surface area contributed by atoms with Crippen LogP contribution < -0.4 is 10.6 Å². The first-order valence-corrected chi connectivity index (χ1v) is 8.73. The topological polar surface area (TPSA) is 58.2 Å². The van der Waals surface area contributed by atoms with Crippen LogP contribution in [0.5, 0.6) is 0 Å². The normalized spacial score (nSPS) is 10.6. The van der Waals surface area contributed by atoms with Crippen molar-refractivity contribution < 1.29 is 14.0 Å². The number of amides is 1. The van der Waals surface area contributed by atoms with E-state index in [-0.39, 0.29) is 17.5 Å². The molecule has 0 unspecified atom stereocenters. The zero-order chi connectivity index (χ0) is 19.9. The van der Waals surface area contributed by atoms with Gasteiger partial charge in [-0.25, -0.2) is 4.39 Å². The summed E-state index contributed by atoms with van der Waals surface area (Å²) in [5.74, 6) is -0.735. The highest BCUT2D eigenvalue weighted by Gasteiger charge is 2.10. The zero-order valence-electron chi connectivity index (χ0n) is 15.3. The minimum atomic E-state index is -0.321. The summed E-state index contributed by atoms with van der Waals surface area (Å²) in [6, 6.07) is 19.7. The third-order valence-corrected chi connectivity index (χ3v) is 4.17. The Hall–Kier alpha value is -3.73. The molecule has 0 spiro atoms. The second-order valence-corrected chi connectivity index (χ2v) is 6.08. The molecular formula is C23H19FN2O2. The maximum absolute atomic E-state index is 12.9. The van der Waals surface area contributed by atoms with Crippen LogP contribution in [0.2, 0.25) is 0 Å². The lowest BCUT2D eigenvalue weighted by Crippen LogP contribution is -2.14. The molecule has 3 rings (SSSR count). The van der Waals surface area contributed by atoms with E-state index >= 15 is 0 Å². The Labute approximate surface area is 162 Å². The van der Waals surface area contributed by atoms with Crippen molar-refractivity contribution in [1.82, 2.24) is 0 Å². The van der Waals surface area contributed by atoms with E-state index in [0.717, 1.165) is 11.3 Å². The van der Waals surface area contributed by atoms with Crippen molar-refractivity contribution in [2.75, 3.05) is 17.7 Å². The second kappa shape index (κ2) is 8.77. The maximum Gasteiger partial charge on any atom is 0.257 e. The van der Waals surface area contributed by atoms with Crippen LogP contribution in [0.15, 0.2) is 78.9 Å². The standard InChI is InChI=1S/C23H19FN2O2/c1-25-21-5-3-2-4-20(21)23(28)26-19-13-9-17(10-14-19)22(27)15-8-16-6-11-18(24)12-7-16/h2-15,25H,1H3,(H,26,28)/b15-8+.